The lowest BCUT2D eigenvalue weighted by atomic mass is 9.95. The first kappa shape index (κ1) is 23.6. The van der Waals surface area contributed by atoms with E-state index in [9.17, 15) is 14.7 Å². The molecule has 2 aromatic rings. The predicted molar refractivity (Wildman–Crippen MR) is 128 cm³/mol. The zero-order valence-electron chi connectivity index (χ0n) is 18.2. The maximum absolute atomic E-state index is 13.1. The standard InChI is InChI=1S/C24H25Cl2N3O4/c1-33-17-5-2-15(3-6-17)22(30)20-21(16-4-7-18(25)19(26)14-16)29(24(32)23(20)31)13-12-28-10-8-27-9-11-28/h2-7,14,21,27,30H,8-13H2,1H3/t21-/m0/s1. The quantitative estimate of drug-likeness (QED) is 0.368. The fraction of sp³-hybridized carbons (Fsp3) is 0.333. The van der Waals surface area contributed by atoms with Gasteiger partial charge in [0.15, 0.2) is 0 Å². The Labute approximate surface area is 202 Å². The zero-order valence-corrected chi connectivity index (χ0v) is 19.7. The second kappa shape index (κ2) is 10.1. The van der Waals surface area contributed by atoms with Crippen LogP contribution in [0.15, 0.2) is 48.0 Å². The van der Waals surface area contributed by atoms with E-state index in [1.165, 1.54) is 4.90 Å². The summed E-state index contributed by atoms with van der Waals surface area (Å²) >= 11 is 12.4. The van der Waals surface area contributed by atoms with Crippen molar-refractivity contribution in [2.24, 2.45) is 0 Å². The third-order valence-corrected chi connectivity index (χ3v) is 6.77. The van der Waals surface area contributed by atoms with Crippen molar-refractivity contribution < 1.29 is 19.4 Å². The highest BCUT2D eigenvalue weighted by Crippen LogP contribution is 2.41. The molecule has 2 aliphatic rings. The summed E-state index contributed by atoms with van der Waals surface area (Å²) in [4.78, 5) is 30.0. The van der Waals surface area contributed by atoms with Crippen molar-refractivity contribution >= 4 is 40.7 Å². The van der Waals surface area contributed by atoms with Crippen molar-refractivity contribution in [1.82, 2.24) is 15.1 Å². The lowest BCUT2D eigenvalue weighted by Gasteiger charge is -2.31. The number of nitrogens with one attached hydrogen (secondary N) is 1. The SMILES string of the molecule is COc1ccc(C(O)=C2C(=O)C(=O)N(CCN3CCNCC3)[C@H]2c2ccc(Cl)c(Cl)c2)cc1. The van der Waals surface area contributed by atoms with E-state index in [2.05, 4.69) is 10.2 Å². The highest BCUT2D eigenvalue weighted by atomic mass is 35.5. The molecular formula is C24H25Cl2N3O4. The number of piperazine rings is 1. The first-order valence-corrected chi connectivity index (χ1v) is 11.5. The molecule has 2 fully saturated rings. The molecule has 0 spiro atoms. The van der Waals surface area contributed by atoms with Gasteiger partial charge in [0.1, 0.15) is 11.5 Å². The Kier molecular flexibility index (Phi) is 7.24. The van der Waals surface area contributed by atoms with Gasteiger partial charge in [-0.15, -0.1) is 0 Å². The number of aliphatic hydroxyl groups excluding tert-OH is 1. The highest BCUT2D eigenvalue weighted by Gasteiger charge is 2.46. The van der Waals surface area contributed by atoms with Crippen molar-refractivity contribution in [2.45, 2.75) is 6.04 Å². The summed E-state index contributed by atoms with van der Waals surface area (Å²) in [7, 11) is 1.54. The minimum Gasteiger partial charge on any atom is -0.507 e. The summed E-state index contributed by atoms with van der Waals surface area (Å²) in [6, 6.07) is 10.9. The normalized spacial score (nSPS) is 20.9. The Balaban J connectivity index is 1.74. The van der Waals surface area contributed by atoms with Crippen LogP contribution in [0.5, 0.6) is 5.75 Å². The molecule has 0 bridgehead atoms. The number of halogens is 2. The minimum atomic E-state index is -0.773. The average Bonchev–Trinajstić information content (AvgIpc) is 3.09. The molecule has 9 heteroatoms. The van der Waals surface area contributed by atoms with E-state index in [1.807, 2.05) is 0 Å². The molecule has 7 nitrogen and oxygen atoms in total. The van der Waals surface area contributed by atoms with Crippen LogP contribution in [0.2, 0.25) is 10.0 Å². The Morgan fingerprint density at radius 1 is 1.06 bits per heavy atom. The van der Waals surface area contributed by atoms with Crippen LogP contribution >= 0.6 is 23.2 Å². The number of hydrogen-bond donors (Lipinski definition) is 2. The molecule has 174 valence electrons. The van der Waals surface area contributed by atoms with Crippen LogP contribution in [-0.2, 0) is 9.59 Å². The summed E-state index contributed by atoms with van der Waals surface area (Å²) in [5, 5.41) is 15.1. The number of Topliss-reactive ketones (excluding diaryl/α,β-unsaturated/α-hetero) is 1. The molecule has 2 heterocycles. The van der Waals surface area contributed by atoms with E-state index in [0.29, 0.717) is 40.0 Å². The first-order chi connectivity index (χ1) is 15.9. The third kappa shape index (κ3) is 4.87. The van der Waals surface area contributed by atoms with Crippen LogP contribution in [0, 0.1) is 0 Å². The Bertz CT molecular complexity index is 1080. The van der Waals surface area contributed by atoms with Crippen molar-refractivity contribution in [3.63, 3.8) is 0 Å². The number of nitrogens with zero attached hydrogens (tertiary/aromatic N) is 2. The molecule has 4 rings (SSSR count). The van der Waals surface area contributed by atoms with Crippen LogP contribution in [0.1, 0.15) is 17.2 Å². The second-order valence-corrected chi connectivity index (χ2v) is 8.80. The Hall–Kier alpha value is -2.58. The van der Waals surface area contributed by atoms with Crippen LogP contribution in [-0.4, -0.2) is 73.0 Å². The average molecular weight is 490 g/mol. The summed E-state index contributed by atoms with van der Waals surface area (Å²) in [6.07, 6.45) is 0. The molecule has 2 N–H and O–H groups in total. The van der Waals surface area contributed by atoms with Crippen LogP contribution in [0.25, 0.3) is 5.76 Å². The van der Waals surface area contributed by atoms with E-state index < -0.39 is 17.7 Å². The number of ether oxygens (including phenoxy) is 1. The van der Waals surface area contributed by atoms with Gasteiger partial charge in [0.05, 0.1) is 28.8 Å². The number of carbonyl (C=O) groups is 2. The number of benzene rings is 2. The van der Waals surface area contributed by atoms with Crippen LogP contribution < -0.4 is 10.1 Å². The van der Waals surface area contributed by atoms with Gasteiger partial charge in [0, 0.05) is 44.8 Å². The maximum Gasteiger partial charge on any atom is 0.295 e. The van der Waals surface area contributed by atoms with Gasteiger partial charge in [-0.1, -0.05) is 29.3 Å². The van der Waals surface area contributed by atoms with Gasteiger partial charge in [-0.2, -0.15) is 0 Å². The van der Waals surface area contributed by atoms with Crippen molar-refractivity contribution in [1.29, 1.82) is 0 Å². The smallest absolute Gasteiger partial charge is 0.295 e. The fourth-order valence-electron chi connectivity index (χ4n) is 4.23. The van der Waals surface area contributed by atoms with E-state index in [-0.39, 0.29) is 11.3 Å². The molecule has 1 amide bonds. The largest absolute Gasteiger partial charge is 0.507 e. The van der Waals surface area contributed by atoms with E-state index in [4.69, 9.17) is 27.9 Å². The Morgan fingerprint density at radius 3 is 2.39 bits per heavy atom. The summed E-state index contributed by atoms with van der Waals surface area (Å²) in [5.41, 5.74) is 1.06. The van der Waals surface area contributed by atoms with Crippen LogP contribution in [0.4, 0.5) is 0 Å². The molecule has 1 atom stereocenters. The number of carbonyl (C=O) groups excluding carboxylic acids is 2. The number of amides is 1. The van der Waals surface area contributed by atoms with Crippen molar-refractivity contribution in [3.8, 4) is 5.75 Å². The molecule has 0 aliphatic carbocycles. The van der Waals surface area contributed by atoms with Gasteiger partial charge in [-0.05, 0) is 42.0 Å². The van der Waals surface area contributed by atoms with E-state index >= 15 is 0 Å². The van der Waals surface area contributed by atoms with Gasteiger partial charge in [-0.3, -0.25) is 14.5 Å². The molecule has 33 heavy (non-hydrogen) atoms. The summed E-state index contributed by atoms with van der Waals surface area (Å²) in [6.45, 7) is 4.46. The zero-order chi connectivity index (χ0) is 23.5. The maximum atomic E-state index is 13.1. The molecule has 0 saturated carbocycles. The number of likely N-dealkylation sites (tertiary alicyclic amines) is 1. The van der Waals surface area contributed by atoms with Gasteiger partial charge < -0.3 is 20.1 Å². The molecule has 2 aromatic carbocycles. The second-order valence-electron chi connectivity index (χ2n) is 7.99. The third-order valence-electron chi connectivity index (χ3n) is 6.03. The van der Waals surface area contributed by atoms with Gasteiger partial charge in [0.25, 0.3) is 11.7 Å². The highest BCUT2D eigenvalue weighted by molar-refractivity contribution is 6.46. The molecule has 0 unspecified atom stereocenters. The summed E-state index contributed by atoms with van der Waals surface area (Å²) < 4.78 is 5.17. The molecule has 0 radical (unpaired) electrons. The lowest BCUT2D eigenvalue weighted by Crippen LogP contribution is -2.46. The minimum absolute atomic E-state index is 0.0314. The van der Waals surface area contributed by atoms with E-state index in [1.54, 1.807) is 49.6 Å². The van der Waals surface area contributed by atoms with Gasteiger partial charge in [0.2, 0.25) is 0 Å². The van der Waals surface area contributed by atoms with Crippen molar-refractivity contribution in [3.05, 3.63) is 69.2 Å². The lowest BCUT2D eigenvalue weighted by molar-refractivity contribution is -0.140. The van der Waals surface area contributed by atoms with Gasteiger partial charge in [-0.25, -0.2) is 0 Å². The van der Waals surface area contributed by atoms with Gasteiger partial charge >= 0.3 is 0 Å². The van der Waals surface area contributed by atoms with E-state index in [0.717, 1.165) is 26.2 Å². The number of methoxy groups -OCH3 is 1. The number of rotatable bonds is 6. The number of aliphatic hydroxyl groups is 1. The molecule has 0 aromatic heterocycles. The number of hydrogen-bond acceptors (Lipinski definition) is 6. The molecular weight excluding hydrogens is 465 g/mol. The first-order valence-electron chi connectivity index (χ1n) is 10.7. The molecule has 2 saturated heterocycles. The summed E-state index contributed by atoms with van der Waals surface area (Å²) in [5.74, 6) is -0.989. The fourth-order valence-corrected chi connectivity index (χ4v) is 4.53. The Morgan fingerprint density at radius 2 is 1.76 bits per heavy atom. The monoisotopic (exact) mass is 489 g/mol. The topological polar surface area (TPSA) is 82.1 Å². The predicted octanol–water partition coefficient (Wildman–Crippen LogP) is 3.33. The number of ketones is 1. The van der Waals surface area contributed by atoms with Crippen molar-refractivity contribution in [2.75, 3.05) is 46.4 Å². The van der Waals surface area contributed by atoms with Crippen LogP contribution in [0.3, 0.4) is 0 Å². The molecule has 2 aliphatic heterocycles.